The SMILES string of the molecule is CCOc1ccc(-n2c(S[C@@H](C)c3nnc(C)s3)nnc2-c2cccnc2)cc1. The number of hydrogen-bond donors (Lipinski definition) is 0. The van der Waals surface area contributed by atoms with Crippen molar-refractivity contribution in [3.05, 3.63) is 58.8 Å². The largest absolute Gasteiger partial charge is 0.494 e. The van der Waals surface area contributed by atoms with E-state index in [9.17, 15) is 0 Å². The van der Waals surface area contributed by atoms with Gasteiger partial charge in [-0.3, -0.25) is 9.55 Å². The summed E-state index contributed by atoms with van der Waals surface area (Å²) in [6.07, 6.45) is 3.54. The van der Waals surface area contributed by atoms with Gasteiger partial charge in [-0.1, -0.05) is 11.8 Å². The number of pyridine rings is 1. The van der Waals surface area contributed by atoms with Gasteiger partial charge in [-0.15, -0.1) is 31.7 Å². The molecule has 1 aromatic carbocycles. The van der Waals surface area contributed by atoms with Crippen molar-refractivity contribution >= 4 is 23.1 Å². The summed E-state index contributed by atoms with van der Waals surface area (Å²) in [5.41, 5.74) is 1.86. The van der Waals surface area contributed by atoms with Crippen LogP contribution in [0.5, 0.6) is 5.75 Å². The molecule has 0 radical (unpaired) electrons. The molecular formula is C20H20N6OS2. The molecule has 7 nitrogen and oxygen atoms in total. The predicted molar refractivity (Wildman–Crippen MR) is 115 cm³/mol. The van der Waals surface area contributed by atoms with E-state index >= 15 is 0 Å². The van der Waals surface area contributed by atoms with E-state index in [0.29, 0.717) is 6.61 Å². The summed E-state index contributed by atoms with van der Waals surface area (Å²) in [4.78, 5) is 4.23. The van der Waals surface area contributed by atoms with E-state index in [1.54, 1.807) is 35.5 Å². The maximum atomic E-state index is 5.58. The Morgan fingerprint density at radius 1 is 1.10 bits per heavy atom. The van der Waals surface area contributed by atoms with Crippen molar-refractivity contribution in [1.29, 1.82) is 0 Å². The van der Waals surface area contributed by atoms with Crippen molar-refractivity contribution < 1.29 is 4.74 Å². The average Bonchev–Trinajstić information content (AvgIpc) is 3.36. The molecule has 0 unspecified atom stereocenters. The summed E-state index contributed by atoms with van der Waals surface area (Å²) >= 11 is 3.21. The number of thioether (sulfide) groups is 1. The van der Waals surface area contributed by atoms with Gasteiger partial charge >= 0.3 is 0 Å². The van der Waals surface area contributed by atoms with Crippen molar-refractivity contribution in [3.63, 3.8) is 0 Å². The highest BCUT2D eigenvalue weighted by atomic mass is 32.2. The second-order valence-electron chi connectivity index (χ2n) is 6.23. The first-order valence-corrected chi connectivity index (χ1v) is 10.9. The zero-order chi connectivity index (χ0) is 20.2. The highest BCUT2D eigenvalue weighted by Gasteiger charge is 2.21. The molecule has 0 saturated heterocycles. The first-order chi connectivity index (χ1) is 14.2. The lowest BCUT2D eigenvalue weighted by Gasteiger charge is -2.13. The van der Waals surface area contributed by atoms with Gasteiger partial charge in [0.2, 0.25) is 0 Å². The highest BCUT2D eigenvalue weighted by Crippen LogP contribution is 2.37. The average molecular weight is 425 g/mol. The van der Waals surface area contributed by atoms with E-state index in [1.807, 2.05) is 54.8 Å². The summed E-state index contributed by atoms with van der Waals surface area (Å²) in [7, 11) is 0. The fraction of sp³-hybridized carbons (Fsp3) is 0.250. The van der Waals surface area contributed by atoms with Crippen LogP contribution in [0.1, 0.15) is 29.1 Å². The van der Waals surface area contributed by atoms with Crippen molar-refractivity contribution in [2.75, 3.05) is 6.61 Å². The van der Waals surface area contributed by atoms with Crippen molar-refractivity contribution in [1.82, 2.24) is 29.9 Å². The number of rotatable bonds is 7. The van der Waals surface area contributed by atoms with Crippen molar-refractivity contribution in [2.45, 2.75) is 31.2 Å². The topological polar surface area (TPSA) is 78.6 Å². The van der Waals surface area contributed by atoms with Crippen LogP contribution in [0.15, 0.2) is 53.9 Å². The monoisotopic (exact) mass is 424 g/mol. The third kappa shape index (κ3) is 4.30. The predicted octanol–water partition coefficient (Wildman–Crippen LogP) is 4.74. The number of nitrogens with zero attached hydrogens (tertiary/aromatic N) is 6. The molecule has 0 aliphatic carbocycles. The minimum Gasteiger partial charge on any atom is -0.494 e. The fourth-order valence-electron chi connectivity index (χ4n) is 2.80. The number of hydrogen-bond acceptors (Lipinski definition) is 8. The van der Waals surface area contributed by atoms with Gasteiger partial charge in [0.05, 0.1) is 11.9 Å². The molecule has 3 aromatic heterocycles. The summed E-state index contributed by atoms with van der Waals surface area (Å²) in [5.74, 6) is 1.57. The normalized spacial score (nSPS) is 12.1. The molecule has 148 valence electrons. The van der Waals surface area contributed by atoms with Crippen LogP contribution in [-0.2, 0) is 0 Å². The lowest BCUT2D eigenvalue weighted by atomic mass is 10.2. The van der Waals surface area contributed by atoms with Crippen LogP contribution in [0.25, 0.3) is 17.1 Å². The van der Waals surface area contributed by atoms with Gasteiger partial charge in [-0.05, 0) is 57.2 Å². The van der Waals surface area contributed by atoms with E-state index in [0.717, 1.165) is 38.0 Å². The van der Waals surface area contributed by atoms with Crippen LogP contribution < -0.4 is 4.74 Å². The third-order valence-corrected chi connectivity index (χ3v) is 6.35. The smallest absolute Gasteiger partial charge is 0.196 e. The Kier molecular flexibility index (Phi) is 5.86. The van der Waals surface area contributed by atoms with Crippen molar-refractivity contribution in [3.8, 4) is 22.8 Å². The van der Waals surface area contributed by atoms with E-state index in [1.165, 1.54) is 0 Å². The molecule has 0 spiro atoms. The fourth-order valence-corrected chi connectivity index (χ4v) is 4.57. The summed E-state index contributed by atoms with van der Waals surface area (Å²) < 4.78 is 7.62. The Hall–Kier alpha value is -2.78. The van der Waals surface area contributed by atoms with Gasteiger partial charge < -0.3 is 4.74 Å². The van der Waals surface area contributed by atoms with Crippen molar-refractivity contribution in [2.24, 2.45) is 0 Å². The van der Waals surface area contributed by atoms with Gasteiger partial charge in [-0.25, -0.2) is 0 Å². The van der Waals surface area contributed by atoms with Gasteiger partial charge in [0, 0.05) is 23.6 Å². The molecule has 0 saturated carbocycles. The zero-order valence-corrected chi connectivity index (χ0v) is 17.9. The van der Waals surface area contributed by atoms with Gasteiger partial charge in [0.1, 0.15) is 15.8 Å². The number of ether oxygens (including phenoxy) is 1. The van der Waals surface area contributed by atoms with Crippen LogP contribution >= 0.6 is 23.1 Å². The zero-order valence-electron chi connectivity index (χ0n) is 16.3. The number of benzene rings is 1. The molecule has 0 aliphatic rings. The summed E-state index contributed by atoms with van der Waals surface area (Å²) in [6.45, 7) is 6.67. The molecule has 3 heterocycles. The molecule has 0 amide bonds. The minimum atomic E-state index is 0.105. The number of aryl methyl sites for hydroxylation is 1. The Balaban J connectivity index is 1.74. The van der Waals surface area contributed by atoms with Gasteiger partial charge in [0.15, 0.2) is 11.0 Å². The van der Waals surface area contributed by atoms with E-state index in [2.05, 4.69) is 32.3 Å². The maximum absolute atomic E-state index is 5.58. The molecule has 4 rings (SSSR count). The first kappa shape index (κ1) is 19.5. The van der Waals surface area contributed by atoms with Crippen LogP contribution in [-0.4, -0.2) is 36.6 Å². The molecule has 0 fully saturated rings. The van der Waals surface area contributed by atoms with Gasteiger partial charge in [0.25, 0.3) is 0 Å². The molecule has 0 aliphatic heterocycles. The molecule has 4 aromatic rings. The van der Waals surface area contributed by atoms with Crippen LogP contribution in [0.4, 0.5) is 0 Å². The quantitative estimate of drug-likeness (QED) is 0.396. The summed E-state index contributed by atoms with van der Waals surface area (Å²) in [6, 6.07) is 11.8. The minimum absolute atomic E-state index is 0.105. The molecule has 0 N–H and O–H groups in total. The van der Waals surface area contributed by atoms with Crippen LogP contribution in [0.3, 0.4) is 0 Å². The number of aromatic nitrogens is 6. The van der Waals surface area contributed by atoms with Crippen LogP contribution in [0.2, 0.25) is 0 Å². The first-order valence-electron chi connectivity index (χ1n) is 9.21. The maximum Gasteiger partial charge on any atom is 0.196 e. The molecular weight excluding hydrogens is 404 g/mol. The molecule has 29 heavy (non-hydrogen) atoms. The second kappa shape index (κ2) is 8.71. The standard InChI is InChI=1S/C20H20N6OS2/c1-4-27-17-9-7-16(8-10-17)26-18(15-6-5-11-21-12-15)23-25-20(26)28-13(2)19-24-22-14(3)29-19/h5-13H,4H2,1-3H3/t13-/m0/s1. The third-order valence-electron chi connectivity index (χ3n) is 4.13. The van der Waals surface area contributed by atoms with Crippen LogP contribution in [0, 0.1) is 6.92 Å². The van der Waals surface area contributed by atoms with Gasteiger partial charge in [-0.2, -0.15) is 0 Å². The Bertz CT molecular complexity index is 1080. The highest BCUT2D eigenvalue weighted by molar-refractivity contribution is 7.99. The second-order valence-corrected chi connectivity index (χ2v) is 8.75. The summed E-state index contributed by atoms with van der Waals surface area (Å²) in [5, 5.41) is 20.2. The lowest BCUT2D eigenvalue weighted by Crippen LogP contribution is -2.01. The Morgan fingerprint density at radius 2 is 1.93 bits per heavy atom. The van der Waals surface area contributed by atoms with E-state index in [-0.39, 0.29) is 5.25 Å². The van der Waals surface area contributed by atoms with E-state index < -0.39 is 0 Å². The molecule has 0 bridgehead atoms. The van der Waals surface area contributed by atoms with E-state index in [4.69, 9.17) is 4.74 Å². The Labute approximate surface area is 177 Å². The molecule has 9 heteroatoms. The lowest BCUT2D eigenvalue weighted by molar-refractivity contribution is 0.340. The Morgan fingerprint density at radius 3 is 2.59 bits per heavy atom. The molecule has 1 atom stereocenters.